The maximum atomic E-state index is 9.28. The van der Waals surface area contributed by atoms with E-state index in [2.05, 4.69) is 48.8 Å². The Morgan fingerprint density at radius 2 is 2.11 bits per heavy atom. The van der Waals surface area contributed by atoms with Crippen LogP contribution in [0.4, 0.5) is 5.82 Å². The van der Waals surface area contributed by atoms with Crippen LogP contribution in [0.15, 0.2) is 12.3 Å². The molecule has 1 rings (SSSR count). The van der Waals surface area contributed by atoms with Gasteiger partial charge >= 0.3 is 0 Å². The maximum Gasteiger partial charge on any atom is 0.147 e. The molecule has 0 saturated carbocycles. The summed E-state index contributed by atoms with van der Waals surface area (Å²) in [7, 11) is 4.11. The molecular formula is C14H22N4. The van der Waals surface area contributed by atoms with Gasteiger partial charge in [-0.05, 0) is 46.5 Å². The van der Waals surface area contributed by atoms with Gasteiger partial charge in [0.25, 0.3) is 0 Å². The van der Waals surface area contributed by atoms with Gasteiger partial charge in [-0.15, -0.1) is 0 Å². The molecule has 1 aromatic heterocycles. The SMILES string of the molecule is CCN(c1nccc(C)c1C#N)C(C)CN(C)C. The van der Waals surface area contributed by atoms with Gasteiger partial charge in [0, 0.05) is 25.3 Å². The van der Waals surface area contributed by atoms with Crippen molar-refractivity contribution in [1.29, 1.82) is 5.26 Å². The first kappa shape index (κ1) is 14.5. The van der Waals surface area contributed by atoms with Crippen LogP contribution in [-0.2, 0) is 0 Å². The second kappa shape index (κ2) is 6.36. The molecule has 0 N–H and O–H groups in total. The minimum absolute atomic E-state index is 0.325. The predicted octanol–water partition coefficient (Wildman–Crippen LogP) is 2.04. The van der Waals surface area contributed by atoms with E-state index in [1.54, 1.807) is 6.20 Å². The van der Waals surface area contributed by atoms with Gasteiger partial charge in [0.05, 0.1) is 5.56 Å². The molecular weight excluding hydrogens is 224 g/mol. The monoisotopic (exact) mass is 246 g/mol. The highest BCUT2D eigenvalue weighted by Crippen LogP contribution is 2.21. The summed E-state index contributed by atoms with van der Waals surface area (Å²) in [5, 5.41) is 9.28. The largest absolute Gasteiger partial charge is 0.352 e. The van der Waals surface area contributed by atoms with E-state index in [-0.39, 0.29) is 0 Å². The number of aryl methyl sites for hydroxylation is 1. The number of pyridine rings is 1. The molecule has 0 aromatic carbocycles. The van der Waals surface area contributed by atoms with Crippen molar-refractivity contribution in [3.05, 3.63) is 23.4 Å². The molecule has 0 aliphatic carbocycles. The highest BCUT2D eigenvalue weighted by molar-refractivity contribution is 5.57. The lowest BCUT2D eigenvalue weighted by molar-refractivity contribution is 0.372. The third kappa shape index (κ3) is 3.21. The van der Waals surface area contributed by atoms with Gasteiger partial charge in [0.1, 0.15) is 11.9 Å². The topological polar surface area (TPSA) is 43.2 Å². The summed E-state index contributed by atoms with van der Waals surface area (Å²) in [6.45, 7) is 7.99. The second-order valence-electron chi connectivity index (χ2n) is 4.84. The van der Waals surface area contributed by atoms with Crippen LogP contribution in [0.25, 0.3) is 0 Å². The molecule has 0 aliphatic heterocycles. The molecule has 0 aliphatic rings. The highest BCUT2D eigenvalue weighted by Gasteiger charge is 2.18. The normalized spacial score (nSPS) is 12.3. The molecule has 0 amide bonds. The number of nitrogens with zero attached hydrogens (tertiary/aromatic N) is 4. The number of likely N-dealkylation sites (N-methyl/N-ethyl adjacent to an activating group) is 2. The van der Waals surface area contributed by atoms with Crippen LogP contribution in [-0.4, -0.2) is 43.1 Å². The predicted molar refractivity (Wildman–Crippen MR) is 74.7 cm³/mol. The minimum Gasteiger partial charge on any atom is -0.352 e. The number of rotatable bonds is 5. The zero-order valence-electron chi connectivity index (χ0n) is 11.9. The number of nitriles is 1. The molecule has 1 atom stereocenters. The summed E-state index contributed by atoms with van der Waals surface area (Å²) in [6.07, 6.45) is 1.77. The Bertz CT molecular complexity index is 434. The van der Waals surface area contributed by atoms with E-state index >= 15 is 0 Å². The number of anilines is 1. The molecule has 18 heavy (non-hydrogen) atoms. The molecule has 1 unspecified atom stereocenters. The van der Waals surface area contributed by atoms with Crippen molar-refractivity contribution >= 4 is 5.82 Å². The quantitative estimate of drug-likeness (QED) is 0.797. The van der Waals surface area contributed by atoms with Crippen LogP contribution >= 0.6 is 0 Å². The van der Waals surface area contributed by atoms with Gasteiger partial charge < -0.3 is 9.80 Å². The van der Waals surface area contributed by atoms with Gasteiger partial charge in [-0.1, -0.05) is 0 Å². The number of hydrogen-bond donors (Lipinski definition) is 0. The molecule has 4 nitrogen and oxygen atoms in total. The Labute approximate surface area is 110 Å². The average molecular weight is 246 g/mol. The first-order chi connectivity index (χ1) is 8.51. The van der Waals surface area contributed by atoms with Crippen molar-refractivity contribution in [3.63, 3.8) is 0 Å². The van der Waals surface area contributed by atoms with Gasteiger partial charge in [0.2, 0.25) is 0 Å². The summed E-state index contributed by atoms with van der Waals surface area (Å²) in [5.41, 5.74) is 1.67. The van der Waals surface area contributed by atoms with E-state index in [4.69, 9.17) is 0 Å². The van der Waals surface area contributed by atoms with Gasteiger partial charge in [-0.2, -0.15) is 5.26 Å². The first-order valence-electron chi connectivity index (χ1n) is 6.28. The molecule has 1 heterocycles. The summed E-state index contributed by atoms with van der Waals surface area (Å²) >= 11 is 0. The molecule has 0 fully saturated rings. The van der Waals surface area contributed by atoms with Crippen LogP contribution in [0.5, 0.6) is 0 Å². The molecule has 0 bridgehead atoms. The Hall–Kier alpha value is -1.60. The molecule has 0 radical (unpaired) electrons. The Morgan fingerprint density at radius 1 is 1.44 bits per heavy atom. The van der Waals surface area contributed by atoms with Crippen LogP contribution in [0, 0.1) is 18.3 Å². The van der Waals surface area contributed by atoms with Crippen molar-refractivity contribution in [1.82, 2.24) is 9.88 Å². The van der Waals surface area contributed by atoms with Crippen molar-refractivity contribution in [2.24, 2.45) is 0 Å². The summed E-state index contributed by atoms with van der Waals surface area (Å²) in [4.78, 5) is 8.73. The van der Waals surface area contributed by atoms with Gasteiger partial charge in [0.15, 0.2) is 0 Å². The van der Waals surface area contributed by atoms with E-state index in [1.165, 1.54) is 0 Å². The third-order valence-corrected chi connectivity index (χ3v) is 3.03. The fourth-order valence-electron chi connectivity index (χ4n) is 2.20. The van der Waals surface area contributed by atoms with Crippen LogP contribution in [0.3, 0.4) is 0 Å². The molecule has 0 spiro atoms. The van der Waals surface area contributed by atoms with Gasteiger partial charge in [-0.3, -0.25) is 0 Å². The molecule has 98 valence electrons. The van der Waals surface area contributed by atoms with Crippen LogP contribution in [0.1, 0.15) is 25.0 Å². The third-order valence-electron chi connectivity index (χ3n) is 3.03. The summed E-state index contributed by atoms with van der Waals surface area (Å²) in [6, 6.07) is 4.48. The molecule has 4 heteroatoms. The highest BCUT2D eigenvalue weighted by atomic mass is 15.2. The van der Waals surface area contributed by atoms with Gasteiger partial charge in [-0.25, -0.2) is 4.98 Å². The van der Waals surface area contributed by atoms with Crippen molar-refractivity contribution in [2.75, 3.05) is 32.1 Å². The Morgan fingerprint density at radius 3 is 2.61 bits per heavy atom. The van der Waals surface area contributed by atoms with Crippen molar-refractivity contribution in [3.8, 4) is 6.07 Å². The Kier molecular flexibility index (Phi) is 5.11. The fraction of sp³-hybridized carbons (Fsp3) is 0.571. The van der Waals surface area contributed by atoms with E-state index in [9.17, 15) is 5.26 Å². The van der Waals surface area contributed by atoms with Crippen LogP contribution in [0.2, 0.25) is 0 Å². The lowest BCUT2D eigenvalue weighted by Crippen LogP contribution is -2.41. The van der Waals surface area contributed by atoms with E-state index in [0.717, 1.165) is 24.5 Å². The lowest BCUT2D eigenvalue weighted by atomic mass is 10.1. The van der Waals surface area contributed by atoms with Crippen LogP contribution < -0.4 is 4.90 Å². The first-order valence-corrected chi connectivity index (χ1v) is 6.28. The zero-order valence-corrected chi connectivity index (χ0v) is 11.9. The average Bonchev–Trinajstić information content (AvgIpc) is 2.29. The standard InChI is InChI=1S/C14H22N4/c1-6-18(12(3)10-17(4)5)14-13(9-15)11(2)7-8-16-14/h7-8,12H,6,10H2,1-5H3. The number of aromatic nitrogens is 1. The van der Waals surface area contributed by atoms with E-state index < -0.39 is 0 Å². The smallest absolute Gasteiger partial charge is 0.147 e. The number of hydrogen-bond acceptors (Lipinski definition) is 4. The summed E-state index contributed by atoms with van der Waals surface area (Å²) < 4.78 is 0. The Balaban J connectivity index is 3.10. The van der Waals surface area contributed by atoms with E-state index in [1.807, 2.05) is 13.0 Å². The molecule has 1 aromatic rings. The fourth-order valence-corrected chi connectivity index (χ4v) is 2.20. The lowest BCUT2D eigenvalue weighted by Gasteiger charge is -2.31. The second-order valence-corrected chi connectivity index (χ2v) is 4.84. The zero-order chi connectivity index (χ0) is 13.7. The maximum absolute atomic E-state index is 9.28. The van der Waals surface area contributed by atoms with E-state index in [0.29, 0.717) is 11.6 Å². The molecule has 0 saturated heterocycles. The van der Waals surface area contributed by atoms with Crippen molar-refractivity contribution in [2.45, 2.75) is 26.8 Å². The summed E-state index contributed by atoms with van der Waals surface area (Å²) in [5.74, 6) is 0.800. The minimum atomic E-state index is 0.325. The van der Waals surface area contributed by atoms with Crippen molar-refractivity contribution < 1.29 is 0 Å².